The first-order chi connectivity index (χ1) is 17.5. The zero-order valence-corrected chi connectivity index (χ0v) is 21.7. The molecule has 36 heavy (non-hydrogen) atoms. The highest BCUT2D eigenvalue weighted by atomic mass is 79.9. The molecule has 0 spiro atoms. The number of aliphatic hydroxyl groups excluding tert-OH is 1. The highest BCUT2D eigenvalue weighted by molar-refractivity contribution is 9.09. The Labute approximate surface area is 218 Å². The molecule has 8 nitrogen and oxygen atoms in total. The summed E-state index contributed by atoms with van der Waals surface area (Å²) in [7, 11) is 1.52. The average Bonchev–Trinajstić information content (AvgIpc) is 3.29. The van der Waals surface area contributed by atoms with Crippen LogP contribution in [0.5, 0.6) is 11.5 Å². The van der Waals surface area contributed by atoms with Gasteiger partial charge in [0, 0.05) is 17.6 Å². The molecule has 0 aromatic heterocycles. The molecule has 9 heteroatoms. The van der Waals surface area contributed by atoms with Crippen LogP contribution in [0, 0.1) is 0 Å². The largest absolute Gasteiger partial charge is 0.493 e. The van der Waals surface area contributed by atoms with Crippen LogP contribution in [0.2, 0.25) is 0 Å². The Bertz CT molecular complexity index is 1160. The van der Waals surface area contributed by atoms with Gasteiger partial charge in [0.15, 0.2) is 11.5 Å². The molecule has 2 amide bonds. The van der Waals surface area contributed by atoms with Gasteiger partial charge in [-0.15, -0.1) is 0 Å². The van der Waals surface area contributed by atoms with Crippen LogP contribution < -0.4 is 14.4 Å². The summed E-state index contributed by atoms with van der Waals surface area (Å²) in [4.78, 5) is 30.1. The van der Waals surface area contributed by atoms with E-state index in [1.807, 2.05) is 30.5 Å². The maximum Gasteiger partial charge on any atom is 0.414 e. The van der Waals surface area contributed by atoms with Gasteiger partial charge < -0.3 is 24.2 Å². The molecule has 4 rings (SSSR count). The fourth-order valence-electron chi connectivity index (χ4n) is 4.35. The fraction of sp³-hybridized carbons (Fsp3) is 0.333. The van der Waals surface area contributed by atoms with Crippen LogP contribution in [-0.4, -0.2) is 60.2 Å². The van der Waals surface area contributed by atoms with Crippen molar-refractivity contribution in [2.75, 3.05) is 37.1 Å². The van der Waals surface area contributed by atoms with E-state index < -0.39 is 6.09 Å². The molecule has 0 unspecified atom stereocenters. The second-order valence-corrected chi connectivity index (χ2v) is 9.26. The van der Waals surface area contributed by atoms with Crippen LogP contribution in [0.1, 0.15) is 34.3 Å². The molecule has 0 saturated carbocycles. The summed E-state index contributed by atoms with van der Waals surface area (Å²) < 4.78 is 16.8. The predicted molar refractivity (Wildman–Crippen MR) is 141 cm³/mol. The van der Waals surface area contributed by atoms with Crippen molar-refractivity contribution >= 4 is 39.2 Å². The quantitative estimate of drug-likeness (QED) is 0.272. The number of carbonyl (C=O) groups excluding carboxylic acids is 2. The highest BCUT2D eigenvalue weighted by Gasteiger charge is 2.40. The number of aliphatic hydroxyl groups is 1. The van der Waals surface area contributed by atoms with E-state index in [1.54, 1.807) is 17.0 Å². The zero-order chi connectivity index (χ0) is 25.7. The van der Waals surface area contributed by atoms with E-state index in [1.165, 1.54) is 18.1 Å². The molecule has 0 fully saturated rings. The minimum Gasteiger partial charge on any atom is -0.493 e. The predicted octanol–water partition coefficient (Wildman–Crippen LogP) is 4.75. The number of amides is 2. The Morgan fingerprint density at radius 3 is 2.69 bits per heavy atom. The molecule has 0 aliphatic carbocycles. The first-order valence-electron chi connectivity index (χ1n) is 11.7. The number of anilines is 1. The van der Waals surface area contributed by atoms with Crippen molar-refractivity contribution in [3.63, 3.8) is 0 Å². The zero-order valence-electron chi connectivity index (χ0n) is 20.1. The van der Waals surface area contributed by atoms with Gasteiger partial charge in [-0.05, 0) is 35.6 Å². The van der Waals surface area contributed by atoms with Crippen LogP contribution in [0.25, 0.3) is 5.57 Å². The second-order valence-electron chi connectivity index (χ2n) is 8.47. The number of carbonyl (C=O) groups is 2. The molecule has 0 saturated heterocycles. The van der Waals surface area contributed by atoms with Gasteiger partial charge in [-0.3, -0.25) is 9.69 Å². The Morgan fingerprint density at radius 1 is 1.25 bits per heavy atom. The first-order valence-corrected chi connectivity index (χ1v) is 12.8. The SMILES string of the molecule is C=CCOC(=O)N1C[C@@H]2CC(c3ccc(CO)cc3)=CN2C(=O)c2cc(OC)c(OCCCBr)cc21. The molecular weight excluding hydrogens is 528 g/mol. The van der Waals surface area contributed by atoms with E-state index in [4.69, 9.17) is 14.2 Å². The number of ether oxygens (including phenoxy) is 3. The summed E-state index contributed by atoms with van der Waals surface area (Å²) in [5.74, 6) is 0.632. The standard InChI is InChI=1S/C27H29BrN2O6/c1-3-10-36-27(33)30-16-21-12-20(19-7-5-18(17-31)6-8-19)15-29(21)26(32)22-13-24(34-2)25(14-23(22)30)35-11-4-9-28/h3,5-8,13-15,21,31H,1,4,9-12,16-17H2,2H3/t21-/m0/s1. The Balaban J connectivity index is 1.74. The smallest absolute Gasteiger partial charge is 0.414 e. The number of rotatable bonds is 9. The van der Waals surface area contributed by atoms with Crippen molar-refractivity contribution in [1.82, 2.24) is 4.90 Å². The summed E-state index contributed by atoms with van der Waals surface area (Å²) in [6.45, 7) is 4.34. The summed E-state index contributed by atoms with van der Waals surface area (Å²) in [5, 5.41) is 10.1. The van der Waals surface area contributed by atoms with E-state index in [2.05, 4.69) is 22.5 Å². The van der Waals surface area contributed by atoms with E-state index >= 15 is 0 Å². The van der Waals surface area contributed by atoms with Gasteiger partial charge >= 0.3 is 6.09 Å². The maximum atomic E-state index is 13.8. The molecule has 2 aliphatic rings. The topological polar surface area (TPSA) is 88.5 Å². The third-order valence-electron chi connectivity index (χ3n) is 6.16. The lowest BCUT2D eigenvalue weighted by atomic mass is 10.0. The van der Waals surface area contributed by atoms with Crippen molar-refractivity contribution in [3.05, 3.63) is 71.9 Å². The molecule has 1 atom stereocenters. The van der Waals surface area contributed by atoms with E-state index in [0.717, 1.165) is 28.5 Å². The van der Waals surface area contributed by atoms with Crippen LogP contribution in [0.15, 0.2) is 55.3 Å². The molecule has 190 valence electrons. The van der Waals surface area contributed by atoms with Gasteiger partial charge in [-0.25, -0.2) is 4.79 Å². The van der Waals surface area contributed by atoms with Crippen LogP contribution in [0.4, 0.5) is 10.5 Å². The van der Waals surface area contributed by atoms with Crippen LogP contribution in [-0.2, 0) is 11.3 Å². The van der Waals surface area contributed by atoms with Gasteiger partial charge in [0.25, 0.3) is 5.91 Å². The number of methoxy groups -OCH3 is 1. The van der Waals surface area contributed by atoms with E-state index in [0.29, 0.717) is 35.8 Å². The Hall–Kier alpha value is -3.30. The summed E-state index contributed by atoms with van der Waals surface area (Å²) in [6.07, 6.45) is 4.13. The van der Waals surface area contributed by atoms with Crippen molar-refractivity contribution in [2.45, 2.75) is 25.5 Å². The van der Waals surface area contributed by atoms with Crippen LogP contribution >= 0.6 is 15.9 Å². The monoisotopic (exact) mass is 556 g/mol. The van der Waals surface area contributed by atoms with Crippen molar-refractivity contribution in [3.8, 4) is 11.5 Å². The lowest BCUT2D eigenvalue weighted by Crippen LogP contribution is -2.41. The average molecular weight is 557 g/mol. The van der Waals surface area contributed by atoms with Gasteiger partial charge in [-0.2, -0.15) is 0 Å². The lowest BCUT2D eigenvalue weighted by Gasteiger charge is -2.26. The number of hydrogen-bond donors (Lipinski definition) is 1. The lowest BCUT2D eigenvalue weighted by molar-refractivity contribution is 0.0794. The van der Waals surface area contributed by atoms with E-state index in [-0.39, 0.29) is 31.7 Å². The molecular formula is C27H29BrN2O6. The van der Waals surface area contributed by atoms with Gasteiger partial charge in [0.1, 0.15) is 6.61 Å². The fourth-order valence-corrected chi connectivity index (χ4v) is 4.58. The van der Waals surface area contributed by atoms with Gasteiger partial charge in [-0.1, -0.05) is 52.9 Å². The normalized spacial score (nSPS) is 16.6. The third kappa shape index (κ3) is 5.27. The number of nitrogens with zero attached hydrogens (tertiary/aromatic N) is 2. The number of benzene rings is 2. The molecule has 1 N–H and O–H groups in total. The molecule has 0 bridgehead atoms. The molecule has 2 aliphatic heterocycles. The van der Waals surface area contributed by atoms with Crippen molar-refractivity contribution < 1.29 is 28.9 Å². The summed E-state index contributed by atoms with van der Waals surface area (Å²) in [6, 6.07) is 10.6. The number of hydrogen-bond acceptors (Lipinski definition) is 6. The Morgan fingerprint density at radius 2 is 2.03 bits per heavy atom. The van der Waals surface area contributed by atoms with E-state index in [9.17, 15) is 14.7 Å². The molecule has 2 aromatic carbocycles. The van der Waals surface area contributed by atoms with Crippen molar-refractivity contribution in [1.29, 1.82) is 0 Å². The summed E-state index contributed by atoms with van der Waals surface area (Å²) in [5.41, 5.74) is 3.49. The Kier molecular flexibility index (Phi) is 8.32. The van der Waals surface area contributed by atoms with Crippen molar-refractivity contribution in [2.24, 2.45) is 0 Å². The summed E-state index contributed by atoms with van der Waals surface area (Å²) >= 11 is 3.39. The van der Waals surface area contributed by atoms with Crippen LogP contribution in [0.3, 0.4) is 0 Å². The maximum absolute atomic E-state index is 13.8. The first kappa shape index (κ1) is 25.8. The highest BCUT2D eigenvalue weighted by Crippen LogP contribution is 2.41. The second kappa shape index (κ2) is 11.6. The molecule has 0 radical (unpaired) electrons. The minimum atomic E-state index is -0.567. The number of fused-ring (bicyclic) bond motifs is 2. The minimum absolute atomic E-state index is 0.0330. The molecule has 2 aromatic rings. The molecule has 2 heterocycles. The van der Waals surface area contributed by atoms with Gasteiger partial charge in [0.2, 0.25) is 0 Å². The number of halogens is 1. The number of alkyl halides is 1. The van der Waals surface area contributed by atoms with Gasteiger partial charge in [0.05, 0.1) is 44.2 Å². The third-order valence-corrected chi connectivity index (χ3v) is 6.72.